The summed E-state index contributed by atoms with van der Waals surface area (Å²) in [6.07, 6.45) is 17.7. The van der Waals surface area contributed by atoms with Crippen molar-refractivity contribution in [2.75, 3.05) is 0 Å². The standard InChI is InChI=1S/2C11H18P.2ClH.Fe.Pd/c2*1-9(2)12(10(3)4)11-7-5-6-8-11;;;;/h2*5-10H,1-4H3;2*1H;;/q;;;;2*+2/p-2. The number of hydrogen-bond donors (Lipinski definition) is 0. The topological polar surface area (TPSA) is 0 Å². The van der Waals surface area contributed by atoms with Gasteiger partial charge in [-0.05, 0) is 74.0 Å². The fraction of sp³-hybridized carbons (Fsp3) is 0.545. The van der Waals surface area contributed by atoms with E-state index in [4.69, 9.17) is 19.1 Å². The molecule has 2 aliphatic rings. The average Bonchev–Trinajstić information content (AvgIpc) is 3.21. The van der Waals surface area contributed by atoms with Gasteiger partial charge in [-0.25, -0.2) is 0 Å². The minimum Gasteiger partial charge on any atom is 2.00 e. The zero-order valence-corrected chi connectivity index (χ0v) is 24.2. The van der Waals surface area contributed by atoms with E-state index in [-0.39, 0.29) is 48.9 Å². The second-order valence-corrected chi connectivity index (χ2v) is 16.7. The maximum atomic E-state index is 4.81. The van der Waals surface area contributed by atoms with E-state index in [0.717, 1.165) is 22.6 Å². The Morgan fingerprint density at radius 1 is 0.571 bits per heavy atom. The van der Waals surface area contributed by atoms with Gasteiger partial charge in [0, 0.05) is 11.3 Å². The minimum atomic E-state index is -0.106. The van der Waals surface area contributed by atoms with Gasteiger partial charge in [0.15, 0.2) is 0 Å². The van der Waals surface area contributed by atoms with Gasteiger partial charge < -0.3 is 0 Å². The Labute approximate surface area is 207 Å². The molecule has 2 fully saturated rings. The van der Waals surface area contributed by atoms with Crippen LogP contribution in [0.25, 0.3) is 0 Å². The van der Waals surface area contributed by atoms with Crippen LogP contribution in [-0.4, -0.2) is 22.6 Å². The number of hydrogen-bond acceptors (Lipinski definition) is 0. The Kier molecular flexibility index (Phi) is 22.4. The van der Waals surface area contributed by atoms with Crippen LogP contribution in [-0.2, 0) is 33.0 Å². The van der Waals surface area contributed by atoms with Crippen molar-refractivity contribution in [2.24, 2.45) is 0 Å². The largest absolute Gasteiger partial charge is 2.00 e. The molecule has 28 heavy (non-hydrogen) atoms. The van der Waals surface area contributed by atoms with Crippen LogP contribution in [0.2, 0.25) is 0 Å². The monoisotopic (exact) mass is 594 g/mol. The van der Waals surface area contributed by atoms with Crippen molar-refractivity contribution in [3.63, 3.8) is 0 Å². The van der Waals surface area contributed by atoms with Gasteiger partial charge in [-0.2, -0.15) is 0 Å². The summed E-state index contributed by atoms with van der Waals surface area (Å²) in [6, 6.07) is 0. The van der Waals surface area contributed by atoms with E-state index in [1.54, 1.807) is 11.3 Å². The van der Waals surface area contributed by atoms with Gasteiger partial charge in [0.1, 0.15) is 0 Å². The summed E-state index contributed by atoms with van der Waals surface area (Å²) in [4.78, 5) is 0. The van der Waals surface area contributed by atoms with Crippen molar-refractivity contribution in [3.8, 4) is 0 Å². The second-order valence-electron chi connectivity index (χ2n) is 7.52. The van der Waals surface area contributed by atoms with Crippen molar-refractivity contribution >= 4 is 34.9 Å². The summed E-state index contributed by atoms with van der Waals surface area (Å²) in [5.74, 6) is 0. The fourth-order valence-electron chi connectivity index (χ4n) is 3.46. The van der Waals surface area contributed by atoms with Crippen LogP contribution < -0.4 is 0 Å². The van der Waals surface area contributed by atoms with E-state index in [0.29, 0.717) is 0 Å². The molecular formula is C22H36Cl2FeP2Pd+2. The first-order valence-electron chi connectivity index (χ1n) is 9.49. The van der Waals surface area contributed by atoms with E-state index >= 15 is 0 Å². The molecule has 0 unspecified atom stereocenters. The van der Waals surface area contributed by atoms with Crippen LogP contribution in [0.4, 0.5) is 0 Å². The fourth-order valence-corrected chi connectivity index (χ4v) is 9.26. The van der Waals surface area contributed by atoms with Gasteiger partial charge in [-0.15, -0.1) is 0 Å². The molecule has 0 bridgehead atoms. The molecule has 164 valence electrons. The summed E-state index contributed by atoms with van der Waals surface area (Å²) < 4.78 is 0. The molecule has 0 saturated heterocycles. The maximum absolute atomic E-state index is 4.81. The summed E-state index contributed by atoms with van der Waals surface area (Å²) in [6.45, 7) is 18.7. The van der Waals surface area contributed by atoms with Gasteiger partial charge >= 0.3 is 52.1 Å². The summed E-state index contributed by atoms with van der Waals surface area (Å²) in [7, 11) is 9.75. The van der Waals surface area contributed by atoms with E-state index in [1.165, 1.54) is 0 Å². The zero-order valence-electron chi connectivity index (χ0n) is 18.2. The SMILES string of the molecule is CC(C)P([C]1[CH][CH][CH][CH]1)C(C)C.CC(C)P([C]1[CH][CH][CH][CH]1)C(C)C.[Cl][Pd][Cl].[Fe+2]. The van der Waals surface area contributed by atoms with Gasteiger partial charge in [0.25, 0.3) is 0 Å². The first kappa shape index (κ1) is 32.8. The Hall–Kier alpha value is 2.62. The Morgan fingerprint density at radius 3 is 0.893 bits per heavy atom. The third-order valence-electron chi connectivity index (χ3n) is 4.11. The molecule has 2 rings (SSSR count). The Balaban J connectivity index is 0. The molecule has 10 radical (unpaired) electrons. The molecule has 0 aliphatic heterocycles. The van der Waals surface area contributed by atoms with E-state index in [1.807, 2.05) is 0 Å². The first-order chi connectivity index (χ1) is 12.7. The molecule has 0 nitrogen and oxygen atoms in total. The molecule has 0 N–H and O–H groups in total. The average molecular weight is 596 g/mol. The second kappa shape index (κ2) is 19.1. The van der Waals surface area contributed by atoms with Crippen LogP contribution in [0.5, 0.6) is 0 Å². The van der Waals surface area contributed by atoms with Crippen LogP contribution in [0, 0.1) is 62.7 Å². The molecule has 0 amide bonds. The molecule has 2 saturated carbocycles. The molecule has 0 atom stereocenters. The summed E-state index contributed by atoms with van der Waals surface area (Å²) >= 11 is -0.106. The molecule has 6 heteroatoms. The van der Waals surface area contributed by atoms with E-state index in [9.17, 15) is 0 Å². The van der Waals surface area contributed by atoms with Crippen LogP contribution in [0.1, 0.15) is 55.4 Å². The molecular weight excluding hydrogens is 559 g/mol. The molecule has 0 heterocycles. The third kappa shape index (κ3) is 13.2. The normalized spacial score (nSPS) is 18.1. The predicted octanol–water partition coefficient (Wildman–Crippen LogP) is 8.67. The zero-order chi connectivity index (χ0) is 21.0. The van der Waals surface area contributed by atoms with Crippen molar-refractivity contribution < 1.29 is 33.0 Å². The molecule has 0 aromatic carbocycles. The minimum absolute atomic E-state index is 0. The van der Waals surface area contributed by atoms with Gasteiger partial charge in [0.05, 0.1) is 0 Å². The smallest absolute Gasteiger partial charge is 2.00 e. The van der Waals surface area contributed by atoms with Crippen molar-refractivity contribution in [3.05, 3.63) is 62.7 Å². The van der Waals surface area contributed by atoms with Gasteiger partial charge in [-0.1, -0.05) is 71.2 Å². The van der Waals surface area contributed by atoms with Gasteiger partial charge in [0.2, 0.25) is 0 Å². The first-order valence-corrected chi connectivity index (χ1v) is 16.5. The van der Waals surface area contributed by atoms with E-state index in [2.05, 4.69) is 107 Å². The molecule has 0 aromatic rings. The summed E-state index contributed by atoms with van der Waals surface area (Å²) in [5.41, 5.74) is 6.36. The molecule has 2 aliphatic carbocycles. The molecule has 0 spiro atoms. The number of rotatable bonds is 6. The Morgan fingerprint density at radius 2 is 0.750 bits per heavy atom. The quantitative estimate of drug-likeness (QED) is 0.213. The van der Waals surface area contributed by atoms with E-state index < -0.39 is 0 Å². The van der Waals surface area contributed by atoms with Gasteiger partial charge in [-0.3, -0.25) is 0 Å². The van der Waals surface area contributed by atoms with Crippen LogP contribution in [0.15, 0.2) is 0 Å². The van der Waals surface area contributed by atoms with Crippen LogP contribution in [0.3, 0.4) is 0 Å². The summed E-state index contributed by atoms with van der Waals surface area (Å²) in [5, 5.41) is 0. The van der Waals surface area contributed by atoms with Crippen molar-refractivity contribution in [1.82, 2.24) is 0 Å². The third-order valence-corrected chi connectivity index (χ3v) is 10.4. The molecule has 0 aromatic heterocycles. The van der Waals surface area contributed by atoms with Crippen molar-refractivity contribution in [2.45, 2.75) is 78.0 Å². The maximum Gasteiger partial charge on any atom is 2.00 e. The van der Waals surface area contributed by atoms with Crippen molar-refractivity contribution in [1.29, 1.82) is 0 Å². The predicted molar refractivity (Wildman–Crippen MR) is 127 cm³/mol. The Bertz CT molecular complexity index is 297. The van der Waals surface area contributed by atoms with Crippen LogP contribution >= 0.6 is 34.9 Å². The number of halogens is 2.